The van der Waals surface area contributed by atoms with E-state index in [1.54, 1.807) is 60.5 Å². The third-order valence-corrected chi connectivity index (χ3v) is 3.58. The van der Waals surface area contributed by atoms with Gasteiger partial charge in [0.2, 0.25) is 0 Å². The van der Waals surface area contributed by atoms with Crippen molar-refractivity contribution >= 4 is 17.6 Å². The highest BCUT2D eigenvalue weighted by Crippen LogP contribution is 2.20. The van der Waals surface area contributed by atoms with Gasteiger partial charge in [0.15, 0.2) is 0 Å². The van der Waals surface area contributed by atoms with Crippen molar-refractivity contribution < 1.29 is 14.3 Å². The average molecular weight is 335 g/mol. The van der Waals surface area contributed by atoms with Crippen LogP contribution in [0.2, 0.25) is 0 Å². The lowest BCUT2D eigenvalue weighted by Gasteiger charge is -2.17. The van der Waals surface area contributed by atoms with Crippen molar-refractivity contribution in [3.05, 3.63) is 84.0 Å². The molecule has 2 aromatic rings. The molecule has 0 bridgehead atoms. The van der Waals surface area contributed by atoms with Crippen LogP contribution in [0.25, 0.3) is 0 Å². The summed E-state index contributed by atoms with van der Waals surface area (Å²) >= 11 is 0. The summed E-state index contributed by atoms with van der Waals surface area (Å²) in [6.45, 7) is 3.84. The van der Waals surface area contributed by atoms with Crippen LogP contribution >= 0.6 is 0 Å². The standard InChI is InChI=1S/C21H21NO3/c1-4-5-6-7-20(23)25-19-14-12-18(13-15-19)22(3)21(24)17-10-8-16(2)9-11-17/h4-15H,1-3H3/b5-4+,7-6+. The fraction of sp³-hybridized carbons (Fsp3) is 0.143. The first kappa shape index (κ1) is 18.2. The van der Waals surface area contributed by atoms with Crippen LogP contribution in [0.5, 0.6) is 5.75 Å². The number of benzene rings is 2. The highest BCUT2D eigenvalue weighted by atomic mass is 16.5. The predicted octanol–water partition coefficient (Wildman–Crippen LogP) is 4.31. The third kappa shape index (κ3) is 5.18. The number of anilines is 1. The number of carbonyl (C=O) groups excluding carboxylic acids is 2. The van der Waals surface area contributed by atoms with Crippen molar-refractivity contribution in [2.75, 3.05) is 11.9 Å². The first-order valence-electron chi connectivity index (χ1n) is 7.97. The number of amides is 1. The number of hydrogen-bond donors (Lipinski definition) is 0. The summed E-state index contributed by atoms with van der Waals surface area (Å²) in [6.07, 6.45) is 6.53. The first-order chi connectivity index (χ1) is 12.0. The van der Waals surface area contributed by atoms with E-state index in [1.807, 2.05) is 32.1 Å². The molecule has 0 fully saturated rings. The minimum Gasteiger partial charge on any atom is -0.423 e. The Kier molecular flexibility index (Phi) is 6.29. The Morgan fingerprint density at radius 1 is 0.960 bits per heavy atom. The summed E-state index contributed by atoms with van der Waals surface area (Å²) in [5.41, 5.74) is 2.45. The van der Waals surface area contributed by atoms with Gasteiger partial charge in [-0.25, -0.2) is 4.79 Å². The quantitative estimate of drug-likeness (QED) is 0.354. The maximum atomic E-state index is 12.5. The van der Waals surface area contributed by atoms with Gasteiger partial charge in [-0.15, -0.1) is 0 Å². The second kappa shape index (κ2) is 8.64. The van der Waals surface area contributed by atoms with Gasteiger partial charge in [0, 0.05) is 24.4 Å². The molecule has 0 saturated carbocycles. The van der Waals surface area contributed by atoms with Crippen molar-refractivity contribution in [2.24, 2.45) is 0 Å². The summed E-state index contributed by atoms with van der Waals surface area (Å²) in [4.78, 5) is 25.7. The maximum Gasteiger partial charge on any atom is 0.336 e. The monoisotopic (exact) mass is 335 g/mol. The number of allylic oxidation sites excluding steroid dienone is 3. The molecule has 0 aromatic heterocycles. The molecule has 4 nitrogen and oxygen atoms in total. The van der Waals surface area contributed by atoms with Gasteiger partial charge in [-0.1, -0.05) is 35.9 Å². The summed E-state index contributed by atoms with van der Waals surface area (Å²) in [6, 6.07) is 14.2. The lowest BCUT2D eigenvalue weighted by molar-refractivity contribution is -0.128. The van der Waals surface area contributed by atoms with E-state index in [0.29, 0.717) is 11.3 Å². The molecular formula is C21H21NO3. The molecule has 0 unspecified atom stereocenters. The number of aryl methyl sites for hydroxylation is 1. The summed E-state index contributed by atoms with van der Waals surface area (Å²) in [5.74, 6) is -0.121. The highest BCUT2D eigenvalue weighted by Gasteiger charge is 2.13. The molecule has 0 spiro atoms. The Morgan fingerprint density at radius 3 is 2.20 bits per heavy atom. The van der Waals surface area contributed by atoms with Crippen LogP contribution in [0.1, 0.15) is 22.8 Å². The Morgan fingerprint density at radius 2 is 1.60 bits per heavy atom. The molecule has 0 aliphatic heterocycles. The second-order valence-corrected chi connectivity index (χ2v) is 5.53. The molecule has 128 valence electrons. The van der Waals surface area contributed by atoms with Crippen LogP contribution in [0.15, 0.2) is 72.8 Å². The Labute approximate surface area is 148 Å². The number of esters is 1. The normalized spacial score (nSPS) is 11.0. The number of rotatable bonds is 5. The van der Waals surface area contributed by atoms with Crippen LogP contribution in [0.4, 0.5) is 5.69 Å². The van der Waals surface area contributed by atoms with Crippen LogP contribution in [-0.4, -0.2) is 18.9 Å². The molecule has 1 amide bonds. The summed E-state index contributed by atoms with van der Waals surface area (Å²) < 4.78 is 5.19. The molecule has 0 atom stereocenters. The van der Waals surface area contributed by atoms with Crippen LogP contribution in [-0.2, 0) is 4.79 Å². The molecule has 4 heteroatoms. The van der Waals surface area contributed by atoms with Gasteiger partial charge >= 0.3 is 5.97 Å². The van der Waals surface area contributed by atoms with Crippen molar-refractivity contribution in [3.63, 3.8) is 0 Å². The zero-order valence-corrected chi connectivity index (χ0v) is 14.6. The number of carbonyl (C=O) groups is 2. The Balaban J connectivity index is 2.04. The summed E-state index contributed by atoms with van der Waals surface area (Å²) in [5, 5.41) is 0. The first-order valence-corrected chi connectivity index (χ1v) is 7.97. The van der Waals surface area contributed by atoms with Gasteiger partial charge < -0.3 is 9.64 Å². The Hall–Kier alpha value is -3.14. The topological polar surface area (TPSA) is 46.6 Å². The maximum absolute atomic E-state index is 12.5. The number of hydrogen-bond acceptors (Lipinski definition) is 3. The van der Waals surface area contributed by atoms with Gasteiger partial charge in [0.05, 0.1) is 0 Å². The number of ether oxygens (including phenoxy) is 1. The molecule has 0 heterocycles. The van der Waals surface area contributed by atoms with E-state index < -0.39 is 5.97 Å². The van der Waals surface area contributed by atoms with Crippen molar-refractivity contribution in [2.45, 2.75) is 13.8 Å². The molecule has 0 aliphatic carbocycles. The van der Waals surface area contributed by atoms with E-state index in [9.17, 15) is 9.59 Å². The molecule has 0 N–H and O–H groups in total. The molecule has 25 heavy (non-hydrogen) atoms. The van der Waals surface area contributed by atoms with E-state index in [-0.39, 0.29) is 5.91 Å². The van der Waals surface area contributed by atoms with Crippen LogP contribution < -0.4 is 9.64 Å². The molecule has 0 aliphatic rings. The minimum absolute atomic E-state index is 0.0981. The average Bonchev–Trinajstić information content (AvgIpc) is 2.62. The molecule has 0 saturated heterocycles. The van der Waals surface area contributed by atoms with Gasteiger partial charge in [0.25, 0.3) is 5.91 Å². The third-order valence-electron chi connectivity index (χ3n) is 3.58. The Bertz CT molecular complexity index is 787. The lowest BCUT2D eigenvalue weighted by atomic mass is 10.1. The van der Waals surface area contributed by atoms with Crippen LogP contribution in [0, 0.1) is 6.92 Å². The van der Waals surface area contributed by atoms with E-state index in [1.165, 1.54) is 6.08 Å². The second-order valence-electron chi connectivity index (χ2n) is 5.53. The summed E-state index contributed by atoms with van der Waals surface area (Å²) in [7, 11) is 1.71. The minimum atomic E-state index is -0.449. The zero-order valence-electron chi connectivity index (χ0n) is 14.6. The molecule has 2 rings (SSSR count). The molecule has 2 aromatic carbocycles. The zero-order chi connectivity index (χ0) is 18.2. The van der Waals surface area contributed by atoms with Gasteiger partial charge in [-0.3, -0.25) is 4.79 Å². The number of nitrogens with zero attached hydrogens (tertiary/aromatic N) is 1. The lowest BCUT2D eigenvalue weighted by Crippen LogP contribution is -2.26. The fourth-order valence-corrected chi connectivity index (χ4v) is 2.14. The van der Waals surface area contributed by atoms with E-state index >= 15 is 0 Å². The van der Waals surface area contributed by atoms with E-state index in [4.69, 9.17) is 4.74 Å². The van der Waals surface area contributed by atoms with Crippen molar-refractivity contribution in [3.8, 4) is 5.75 Å². The molecular weight excluding hydrogens is 314 g/mol. The van der Waals surface area contributed by atoms with Gasteiger partial charge in [-0.2, -0.15) is 0 Å². The van der Waals surface area contributed by atoms with Crippen molar-refractivity contribution in [1.82, 2.24) is 0 Å². The van der Waals surface area contributed by atoms with Gasteiger partial charge in [0.1, 0.15) is 5.75 Å². The van der Waals surface area contributed by atoms with E-state index in [2.05, 4.69) is 0 Å². The predicted molar refractivity (Wildman–Crippen MR) is 99.9 cm³/mol. The highest BCUT2D eigenvalue weighted by molar-refractivity contribution is 6.05. The SMILES string of the molecule is C/C=C/C=C/C(=O)Oc1ccc(N(C)C(=O)c2ccc(C)cc2)cc1. The van der Waals surface area contributed by atoms with Crippen molar-refractivity contribution in [1.29, 1.82) is 0 Å². The van der Waals surface area contributed by atoms with Crippen LogP contribution in [0.3, 0.4) is 0 Å². The largest absolute Gasteiger partial charge is 0.423 e. The fourth-order valence-electron chi connectivity index (χ4n) is 2.14. The van der Waals surface area contributed by atoms with Gasteiger partial charge in [-0.05, 0) is 50.2 Å². The smallest absolute Gasteiger partial charge is 0.336 e. The van der Waals surface area contributed by atoms with E-state index in [0.717, 1.165) is 11.3 Å². The molecule has 0 radical (unpaired) electrons.